The van der Waals surface area contributed by atoms with Crippen molar-refractivity contribution < 1.29 is 14.0 Å². The highest BCUT2D eigenvalue weighted by atomic mass is 16.3. The molecule has 0 spiro atoms. The smallest absolute Gasteiger partial charge is 0.231 e. The van der Waals surface area contributed by atoms with E-state index in [1.807, 2.05) is 37.3 Å². The van der Waals surface area contributed by atoms with Crippen LogP contribution in [0, 0.1) is 13.8 Å². The molecule has 6 heteroatoms. The summed E-state index contributed by atoms with van der Waals surface area (Å²) in [5.74, 6) is 1.56. The van der Waals surface area contributed by atoms with Gasteiger partial charge in [-0.3, -0.25) is 9.59 Å². The van der Waals surface area contributed by atoms with Crippen molar-refractivity contribution in [2.75, 3.05) is 18.0 Å². The zero-order chi connectivity index (χ0) is 25.6. The first kappa shape index (κ1) is 23.6. The fraction of sp³-hybridized carbons (Fsp3) is 0.355. The molecule has 1 aliphatic heterocycles. The van der Waals surface area contributed by atoms with Gasteiger partial charge < -0.3 is 19.6 Å². The second-order valence-electron chi connectivity index (χ2n) is 10.7. The van der Waals surface area contributed by atoms with E-state index in [2.05, 4.69) is 40.3 Å². The maximum atomic E-state index is 14.0. The molecule has 1 saturated heterocycles. The largest absolute Gasteiger partial charge is 0.464 e. The number of aldehydes is 1. The van der Waals surface area contributed by atoms with E-state index in [1.165, 1.54) is 30.5 Å². The van der Waals surface area contributed by atoms with E-state index in [0.717, 1.165) is 65.8 Å². The lowest BCUT2D eigenvalue weighted by Crippen LogP contribution is -2.39. The Bertz CT molecular complexity index is 1470. The molecular formula is C31H33N3O3. The van der Waals surface area contributed by atoms with E-state index >= 15 is 0 Å². The van der Waals surface area contributed by atoms with Gasteiger partial charge in [0.25, 0.3) is 0 Å². The molecule has 1 saturated carbocycles. The number of aryl methyl sites for hydroxylation is 2. The number of carbonyl (C=O) groups excluding carboxylic acids is 2. The topological polar surface area (TPSA) is 78.3 Å². The van der Waals surface area contributed by atoms with E-state index in [1.54, 1.807) is 6.20 Å². The summed E-state index contributed by atoms with van der Waals surface area (Å²) in [6, 6.07) is 16.0. The minimum absolute atomic E-state index is 0.000684. The van der Waals surface area contributed by atoms with E-state index < -0.39 is 11.5 Å². The summed E-state index contributed by atoms with van der Waals surface area (Å²) in [5, 5.41) is 4.25. The molecule has 2 aliphatic rings. The number of hydrogen-bond donors (Lipinski definition) is 2. The van der Waals surface area contributed by atoms with E-state index in [-0.39, 0.29) is 5.91 Å². The van der Waals surface area contributed by atoms with Gasteiger partial charge in [-0.15, -0.1) is 0 Å². The third kappa shape index (κ3) is 4.24. The van der Waals surface area contributed by atoms with E-state index in [0.29, 0.717) is 5.56 Å². The van der Waals surface area contributed by atoms with Crippen molar-refractivity contribution in [1.29, 1.82) is 0 Å². The number of furan rings is 1. The Labute approximate surface area is 217 Å². The number of benzene rings is 2. The van der Waals surface area contributed by atoms with Gasteiger partial charge in [0.2, 0.25) is 5.91 Å². The second kappa shape index (κ2) is 9.25. The maximum absolute atomic E-state index is 14.0. The number of aromatic nitrogens is 1. The van der Waals surface area contributed by atoms with Crippen LogP contribution < -0.4 is 10.2 Å². The molecule has 2 aromatic heterocycles. The van der Waals surface area contributed by atoms with Crippen molar-refractivity contribution in [3.05, 3.63) is 88.5 Å². The van der Waals surface area contributed by atoms with Crippen LogP contribution in [0.5, 0.6) is 0 Å². The first-order chi connectivity index (χ1) is 18.0. The fourth-order valence-electron chi connectivity index (χ4n) is 5.80. The molecule has 2 fully saturated rings. The lowest BCUT2D eigenvalue weighted by Gasteiger charge is -2.33. The summed E-state index contributed by atoms with van der Waals surface area (Å²) in [7, 11) is 0. The molecule has 0 radical (unpaired) electrons. The first-order valence-electron chi connectivity index (χ1n) is 13.3. The lowest BCUT2D eigenvalue weighted by atomic mass is 9.91. The highest BCUT2D eigenvalue weighted by molar-refractivity contribution is 5.99. The number of fused-ring (bicyclic) bond motifs is 1. The molecule has 2 aromatic carbocycles. The molecule has 6 rings (SSSR count). The lowest BCUT2D eigenvalue weighted by molar-refractivity contribution is -0.124. The Morgan fingerprint density at radius 2 is 1.86 bits per heavy atom. The van der Waals surface area contributed by atoms with Crippen molar-refractivity contribution in [1.82, 2.24) is 10.3 Å². The summed E-state index contributed by atoms with van der Waals surface area (Å²) >= 11 is 0. The molecule has 2 N–H and O–H groups in total. The third-order valence-corrected chi connectivity index (χ3v) is 8.09. The highest BCUT2D eigenvalue weighted by Gasteiger charge is 2.52. The number of aromatic amines is 1. The number of nitrogens with one attached hydrogen (secondary N) is 2. The molecule has 1 amide bonds. The minimum atomic E-state index is -0.596. The molecule has 0 bridgehead atoms. The van der Waals surface area contributed by atoms with Crippen LogP contribution in [0.4, 0.5) is 5.69 Å². The molecule has 1 aliphatic carbocycles. The Balaban J connectivity index is 1.38. The van der Waals surface area contributed by atoms with Crippen LogP contribution in [-0.2, 0) is 10.2 Å². The van der Waals surface area contributed by atoms with Gasteiger partial charge >= 0.3 is 0 Å². The van der Waals surface area contributed by atoms with Crippen LogP contribution in [0.2, 0.25) is 0 Å². The van der Waals surface area contributed by atoms with Gasteiger partial charge in [-0.25, -0.2) is 0 Å². The van der Waals surface area contributed by atoms with Gasteiger partial charge in [0, 0.05) is 47.0 Å². The SMILES string of the molecule is Cc1ccc(C(NC(=O)C2(c3ccc4[nH]cc(C=O)c4c3)CC2)c2ccc(C)o2)c(N2CCCCC2)c1. The quantitative estimate of drug-likeness (QED) is 0.303. The van der Waals surface area contributed by atoms with Gasteiger partial charge in [0.05, 0.1) is 5.41 Å². The maximum Gasteiger partial charge on any atom is 0.231 e. The molecule has 4 aromatic rings. The van der Waals surface area contributed by atoms with Crippen LogP contribution in [0.1, 0.15) is 76.7 Å². The second-order valence-corrected chi connectivity index (χ2v) is 10.7. The average Bonchev–Trinajstić information content (AvgIpc) is 3.46. The standard InChI is InChI=1S/C31H33N3O3/c1-20-6-9-24(27(16-20)34-14-4-3-5-15-34)29(28-11-7-21(2)37-28)33-30(36)31(12-13-31)23-8-10-26-25(17-23)22(19-35)18-32-26/h6-11,16-19,29,32H,3-5,12-15H2,1-2H3,(H,33,36). The van der Waals surface area contributed by atoms with Crippen LogP contribution in [0.3, 0.4) is 0 Å². The number of carbonyl (C=O) groups is 2. The predicted octanol–water partition coefficient (Wildman–Crippen LogP) is 6.12. The average molecular weight is 496 g/mol. The number of piperidine rings is 1. The van der Waals surface area contributed by atoms with Gasteiger partial charge in [0.15, 0.2) is 6.29 Å². The predicted molar refractivity (Wildman–Crippen MR) is 145 cm³/mol. The number of hydrogen-bond acceptors (Lipinski definition) is 4. The van der Waals surface area contributed by atoms with Crippen molar-refractivity contribution in [3.63, 3.8) is 0 Å². The van der Waals surface area contributed by atoms with E-state index in [9.17, 15) is 9.59 Å². The Hall–Kier alpha value is -3.80. The van der Waals surface area contributed by atoms with Crippen molar-refractivity contribution in [3.8, 4) is 0 Å². The Kier molecular flexibility index (Phi) is 5.90. The van der Waals surface area contributed by atoms with Crippen molar-refractivity contribution in [2.45, 2.75) is 57.4 Å². The number of rotatable bonds is 7. The van der Waals surface area contributed by atoms with Gasteiger partial charge in [-0.2, -0.15) is 0 Å². The van der Waals surface area contributed by atoms with Gasteiger partial charge in [0.1, 0.15) is 17.6 Å². The minimum Gasteiger partial charge on any atom is -0.464 e. The molecule has 1 atom stereocenters. The van der Waals surface area contributed by atoms with Crippen LogP contribution in [-0.4, -0.2) is 30.3 Å². The molecule has 1 unspecified atom stereocenters. The zero-order valence-corrected chi connectivity index (χ0v) is 21.5. The number of H-pyrrole nitrogens is 1. The number of anilines is 1. The van der Waals surface area contributed by atoms with Crippen LogP contribution in [0.25, 0.3) is 10.9 Å². The third-order valence-electron chi connectivity index (χ3n) is 8.09. The Morgan fingerprint density at radius 1 is 1.05 bits per heavy atom. The van der Waals surface area contributed by atoms with Gasteiger partial charge in [-0.1, -0.05) is 18.2 Å². The van der Waals surface area contributed by atoms with Gasteiger partial charge in [-0.05, 0) is 87.4 Å². The van der Waals surface area contributed by atoms with Crippen LogP contribution >= 0.6 is 0 Å². The van der Waals surface area contributed by atoms with Crippen molar-refractivity contribution in [2.24, 2.45) is 0 Å². The Morgan fingerprint density at radius 3 is 2.57 bits per heavy atom. The molecule has 3 heterocycles. The molecule has 37 heavy (non-hydrogen) atoms. The molecule has 190 valence electrons. The van der Waals surface area contributed by atoms with Crippen molar-refractivity contribution >= 4 is 28.8 Å². The molecular weight excluding hydrogens is 462 g/mol. The highest BCUT2D eigenvalue weighted by Crippen LogP contribution is 2.50. The summed E-state index contributed by atoms with van der Waals surface area (Å²) in [6.07, 6.45) is 7.75. The number of amides is 1. The zero-order valence-electron chi connectivity index (χ0n) is 21.5. The monoisotopic (exact) mass is 495 g/mol. The summed E-state index contributed by atoms with van der Waals surface area (Å²) in [5.41, 5.74) is 5.31. The summed E-state index contributed by atoms with van der Waals surface area (Å²) < 4.78 is 6.11. The molecule has 6 nitrogen and oxygen atoms in total. The van der Waals surface area contributed by atoms with Crippen LogP contribution in [0.15, 0.2) is 59.1 Å². The normalized spacial score (nSPS) is 17.5. The fourth-order valence-corrected chi connectivity index (χ4v) is 5.80. The number of nitrogens with zero attached hydrogens (tertiary/aromatic N) is 1. The van der Waals surface area contributed by atoms with E-state index in [4.69, 9.17) is 4.42 Å². The first-order valence-corrected chi connectivity index (χ1v) is 13.3. The summed E-state index contributed by atoms with van der Waals surface area (Å²) in [4.78, 5) is 31.1. The summed E-state index contributed by atoms with van der Waals surface area (Å²) in [6.45, 7) is 6.09.